The van der Waals surface area contributed by atoms with Gasteiger partial charge in [0.15, 0.2) is 0 Å². The number of halogens is 1. The van der Waals surface area contributed by atoms with Gasteiger partial charge in [-0.05, 0) is 17.7 Å². The lowest BCUT2D eigenvalue weighted by Gasteiger charge is -2.10. The van der Waals surface area contributed by atoms with Crippen LogP contribution in [-0.2, 0) is 0 Å². The average molecular weight is 213 g/mol. The normalized spacial score (nSPS) is 20.4. The number of hydrogen-bond acceptors (Lipinski definition) is 2. The highest BCUT2D eigenvalue weighted by Crippen LogP contribution is 2.27. The lowest BCUT2D eigenvalue weighted by molar-refractivity contribution is 0.247. The Balaban J connectivity index is 2.28. The van der Waals surface area contributed by atoms with Crippen LogP contribution >= 0.6 is 11.6 Å². The molecule has 5 heteroatoms. The van der Waals surface area contributed by atoms with Gasteiger partial charge in [0.2, 0.25) is 0 Å². The zero-order valence-corrected chi connectivity index (χ0v) is 8.01. The number of carbonyl (C=O) groups is 1. The summed E-state index contributed by atoms with van der Waals surface area (Å²) in [6.45, 7) is 0.517. The van der Waals surface area contributed by atoms with Crippen LogP contribution in [0.25, 0.3) is 0 Å². The van der Waals surface area contributed by atoms with E-state index in [9.17, 15) is 4.79 Å². The van der Waals surface area contributed by atoms with Crippen LogP contribution in [0.15, 0.2) is 18.2 Å². The second-order valence-electron chi connectivity index (χ2n) is 3.11. The molecule has 1 aliphatic rings. The highest BCUT2D eigenvalue weighted by Gasteiger charge is 2.23. The number of benzene rings is 1. The van der Waals surface area contributed by atoms with Crippen LogP contribution in [0.4, 0.5) is 4.79 Å². The maximum Gasteiger partial charge on any atom is 0.315 e. The van der Waals surface area contributed by atoms with E-state index < -0.39 is 0 Å². The number of carbonyl (C=O) groups excluding carboxylic acids is 1. The van der Waals surface area contributed by atoms with Crippen LogP contribution < -0.4 is 10.6 Å². The second kappa shape index (κ2) is 3.38. The summed E-state index contributed by atoms with van der Waals surface area (Å²) in [6.07, 6.45) is 0. The van der Waals surface area contributed by atoms with Gasteiger partial charge in [0.1, 0.15) is 5.75 Å². The van der Waals surface area contributed by atoms with E-state index in [0.29, 0.717) is 11.6 Å². The van der Waals surface area contributed by atoms with E-state index in [1.54, 1.807) is 12.1 Å². The molecular formula is C9H9ClN2O2. The molecule has 2 rings (SSSR count). The smallest absolute Gasteiger partial charge is 0.315 e. The summed E-state index contributed by atoms with van der Waals surface area (Å²) in [5.41, 5.74) is 0.808. The first-order valence-electron chi connectivity index (χ1n) is 4.19. The van der Waals surface area contributed by atoms with Crippen LogP contribution in [0, 0.1) is 0 Å². The van der Waals surface area contributed by atoms with E-state index in [4.69, 9.17) is 16.7 Å². The highest BCUT2D eigenvalue weighted by molar-refractivity contribution is 6.31. The highest BCUT2D eigenvalue weighted by atomic mass is 35.5. The zero-order valence-electron chi connectivity index (χ0n) is 7.25. The Kier molecular flexibility index (Phi) is 2.21. The molecule has 1 heterocycles. The number of nitrogens with one attached hydrogen (secondary N) is 2. The van der Waals surface area contributed by atoms with E-state index >= 15 is 0 Å². The molecule has 1 aromatic rings. The molecule has 4 nitrogen and oxygen atoms in total. The van der Waals surface area contributed by atoms with Crippen molar-refractivity contribution >= 4 is 17.6 Å². The number of amides is 2. The van der Waals surface area contributed by atoms with E-state index in [-0.39, 0.29) is 17.8 Å². The van der Waals surface area contributed by atoms with E-state index in [2.05, 4.69) is 10.6 Å². The van der Waals surface area contributed by atoms with Gasteiger partial charge in [-0.3, -0.25) is 0 Å². The molecule has 1 saturated heterocycles. The van der Waals surface area contributed by atoms with Gasteiger partial charge in [0.25, 0.3) is 0 Å². The Morgan fingerprint density at radius 2 is 2.29 bits per heavy atom. The molecule has 0 saturated carbocycles. The van der Waals surface area contributed by atoms with Crippen molar-refractivity contribution in [1.29, 1.82) is 0 Å². The predicted octanol–water partition coefficient (Wildman–Crippen LogP) is 1.40. The third-order valence-electron chi connectivity index (χ3n) is 2.13. The summed E-state index contributed by atoms with van der Waals surface area (Å²) in [7, 11) is 0. The van der Waals surface area contributed by atoms with Crippen LogP contribution in [0.3, 0.4) is 0 Å². The first-order valence-corrected chi connectivity index (χ1v) is 4.57. The Labute approximate surface area is 85.9 Å². The van der Waals surface area contributed by atoms with Crippen molar-refractivity contribution in [3.05, 3.63) is 28.8 Å². The number of phenols is 1. The fourth-order valence-corrected chi connectivity index (χ4v) is 1.75. The lowest BCUT2D eigenvalue weighted by atomic mass is 10.1. The van der Waals surface area contributed by atoms with Crippen molar-refractivity contribution in [2.24, 2.45) is 0 Å². The fraction of sp³-hybridized carbons (Fsp3) is 0.222. The standard InChI is InChI=1S/C9H9ClN2O2/c10-7-3-5(13)1-2-6(7)8-4-11-9(14)12-8/h1-3,8,13H,4H2,(H2,11,12,14)/t8-/m0/s1. The van der Waals surface area contributed by atoms with Gasteiger partial charge in [0.05, 0.1) is 6.04 Å². The third kappa shape index (κ3) is 1.61. The summed E-state index contributed by atoms with van der Waals surface area (Å²) in [5.74, 6) is 0.121. The molecule has 1 aliphatic heterocycles. The Hall–Kier alpha value is -1.42. The van der Waals surface area contributed by atoms with Crippen molar-refractivity contribution in [1.82, 2.24) is 10.6 Å². The molecule has 0 bridgehead atoms. The van der Waals surface area contributed by atoms with Gasteiger partial charge >= 0.3 is 6.03 Å². The Morgan fingerprint density at radius 3 is 2.86 bits per heavy atom. The van der Waals surface area contributed by atoms with Crippen molar-refractivity contribution < 1.29 is 9.90 Å². The molecule has 0 aliphatic carbocycles. The topological polar surface area (TPSA) is 61.4 Å². The van der Waals surface area contributed by atoms with Crippen LogP contribution in [0.5, 0.6) is 5.75 Å². The molecule has 1 aromatic carbocycles. The first-order chi connectivity index (χ1) is 6.66. The predicted molar refractivity (Wildman–Crippen MR) is 52.4 cm³/mol. The summed E-state index contributed by atoms with van der Waals surface area (Å²) in [5, 5.41) is 15.0. The number of urea groups is 1. The summed E-state index contributed by atoms with van der Waals surface area (Å²) in [4.78, 5) is 10.9. The van der Waals surface area contributed by atoms with E-state index in [1.165, 1.54) is 6.07 Å². The molecule has 1 fully saturated rings. The van der Waals surface area contributed by atoms with Crippen LogP contribution in [0.2, 0.25) is 5.02 Å². The maximum absolute atomic E-state index is 10.9. The molecule has 74 valence electrons. The zero-order chi connectivity index (χ0) is 10.1. The first kappa shape index (κ1) is 9.15. The second-order valence-corrected chi connectivity index (χ2v) is 3.52. The van der Waals surface area contributed by atoms with Gasteiger partial charge in [-0.25, -0.2) is 4.79 Å². The van der Waals surface area contributed by atoms with Crippen LogP contribution in [0.1, 0.15) is 11.6 Å². The Morgan fingerprint density at radius 1 is 1.50 bits per heavy atom. The number of phenolic OH excluding ortho intramolecular Hbond substituents is 1. The molecule has 0 aromatic heterocycles. The lowest BCUT2D eigenvalue weighted by Crippen LogP contribution is -2.21. The minimum atomic E-state index is -0.195. The van der Waals surface area contributed by atoms with Gasteiger partial charge in [-0.15, -0.1) is 0 Å². The number of aromatic hydroxyl groups is 1. The van der Waals surface area contributed by atoms with E-state index in [1.807, 2.05) is 0 Å². The minimum Gasteiger partial charge on any atom is -0.508 e. The van der Waals surface area contributed by atoms with Crippen molar-refractivity contribution in [3.8, 4) is 5.75 Å². The molecule has 2 amide bonds. The molecule has 0 unspecified atom stereocenters. The quantitative estimate of drug-likeness (QED) is 0.659. The van der Waals surface area contributed by atoms with Crippen molar-refractivity contribution in [3.63, 3.8) is 0 Å². The molecular weight excluding hydrogens is 204 g/mol. The summed E-state index contributed by atoms with van der Waals surface area (Å²) < 4.78 is 0. The van der Waals surface area contributed by atoms with Gasteiger partial charge in [0, 0.05) is 11.6 Å². The summed E-state index contributed by atoms with van der Waals surface area (Å²) >= 11 is 5.92. The number of hydrogen-bond donors (Lipinski definition) is 3. The molecule has 1 atom stereocenters. The van der Waals surface area contributed by atoms with Crippen molar-refractivity contribution in [2.45, 2.75) is 6.04 Å². The average Bonchev–Trinajstić information content (AvgIpc) is 2.51. The monoisotopic (exact) mass is 212 g/mol. The minimum absolute atomic E-state index is 0.115. The van der Waals surface area contributed by atoms with Gasteiger partial charge in [-0.2, -0.15) is 0 Å². The Bertz CT molecular complexity index is 381. The summed E-state index contributed by atoms with van der Waals surface area (Å²) in [6, 6.07) is 4.40. The largest absolute Gasteiger partial charge is 0.508 e. The van der Waals surface area contributed by atoms with Crippen LogP contribution in [-0.4, -0.2) is 17.7 Å². The van der Waals surface area contributed by atoms with Crippen molar-refractivity contribution in [2.75, 3.05) is 6.54 Å². The maximum atomic E-state index is 10.9. The van der Waals surface area contributed by atoms with E-state index in [0.717, 1.165) is 5.56 Å². The molecule has 0 radical (unpaired) electrons. The SMILES string of the molecule is O=C1NC[C@@H](c2ccc(O)cc2Cl)N1. The van der Waals surface area contributed by atoms with Gasteiger partial charge in [-0.1, -0.05) is 17.7 Å². The molecule has 3 N–H and O–H groups in total. The van der Waals surface area contributed by atoms with Gasteiger partial charge < -0.3 is 15.7 Å². The third-order valence-corrected chi connectivity index (χ3v) is 2.46. The molecule has 0 spiro atoms. The fourth-order valence-electron chi connectivity index (χ4n) is 1.44. The molecule has 14 heavy (non-hydrogen) atoms. The number of rotatable bonds is 1.